The Morgan fingerprint density at radius 3 is 2.50 bits per heavy atom. The summed E-state index contributed by atoms with van der Waals surface area (Å²) in [5.41, 5.74) is 0. The topological polar surface area (TPSA) is 92.7 Å². The van der Waals surface area contributed by atoms with Crippen LogP contribution in [0.2, 0.25) is 0 Å². The van der Waals surface area contributed by atoms with Crippen LogP contribution in [-0.2, 0) is 10.3 Å². The lowest BCUT2D eigenvalue weighted by molar-refractivity contribution is 0.206. The van der Waals surface area contributed by atoms with Crippen molar-refractivity contribution in [1.29, 1.82) is 0 Å². The second-order valence-electron chi connectivity index (χ2n) is 3.44. The van der Waals surface area contributed by atoms with E-state index in [0.717, 1.165) is 5.39 Å². The first-order valence-electron chi connectivity index (χ1n) is 4.90. The fraction of sp³-hybridized carbons (Fsp3) is 0. The zero-order chi connectivity index (χ0) is 13.2. The molecule has 0 heterocycles. The van der Waals surface area contributed by atoms with Gasteiger partial charge in [-0.3, -0.25) is 4.55 Å². The third-order valence-electron chi connectivity index (χ3n) is 2.16. The molecule has 0 saturated heterocycles. The van der Waals surface area contributed by atoms with Crippen LogP contribution in [0.3, 0.4) is 0 Å². The van der Waals surface area contributed by atoms with Crippen LogP contribution >= 0.6 is 0 Å². The highest BCUT2D eigenvalue weighted by atomic mass is 32.2. The van der Waals surface area contributed by atoms with Crippen molar-refractivity contribution >= 4 is 27.2 Å². The summed E-state index contributed by atoms with van der Waals surface area (Å²) >= 11 is 0. The number of carbonyl (C=O) groups excluding carboxylic acids is 1. The first-order chi connectivity index (χ1) is 8.46. The Morgan fingerprint density at radius 2 is 1.78 bits per heavy atom. The summed E-state index contributed by atoms with van der Waals surface area (Å²) in [7, 11) is -4.62. The predicted octanol–water partition coefficient (Wildman–Crippen LogP) is 1.73. The van der Waals surface area contributed by atoms with E-state index in [1.54, 1.807) is 18.2 Å². The number of amides is 1. The Morgan fingerprint density at radius 1 is 1.11 bits per heavy atom. The molecule has 1 amide bonds. The molecule has 6 nitrogen and oxygen atoms in total. The molecule has 18 heavy (non-hydrogen) atoms. The molecular weight excluding hydrogens is 258 g/mol. The van der Waals surface area contributed by atoms with Crippen molar-refractivity contribution in [2.75, 3.05) is 0 Å². The highest BCUT2D eigenvalue weighted by molar-refractivity contribution is 7.84. The van der Waals surface area contributed by atoms with Crippen molar-refractivity contribution in [3.63, 3.8) is 0 Å². The summed E-state index contributed by atoms with van der Waals surface area (Å²) in [6.07, 6.45) is -1.27. The molecule has 2 rings (SSSR count). The SMILES string of the molecule is O=C(NS(=O)(=O)O)Oc1cccc2ccccc12. The molecule has 0 fully saturated rings. The summed E-state index contributed by atoms with van der Waals surface area (Å²) in [5.74, 6) is 0.203. The number of ether oxygens (including phenoxy) is 1. The summed E-state index contributed by atoms with van der Waals surface area (Å²) in [6, 6.07) is 12.1. The van der Waals surface area contributed by atoms with Gasteiger partial charge < -0.3 is 4.74 Å². The van der Waals surface area contributed by atoms with Crippen LogP contribution in [-0.4, -0.2) is 19.1 Å². The molecule has 0 atom stereocenters. The highest BCUT2D eigenvalue weighted by Gasteiger charge is 2.13. The van der Waals surface area contributed by atoms with Crippen LogP contribution in [0.15, 0.2) is 42.5 Å². The quantitative estimate of drug-likeness (QED) is 0.808. The maximum Gasteiger partial charge on any atom is 0.428 e. The molecule has 2 aromatic rings. The van der Waals surface area contributed by atoms with Crippen LogP contribution < -0.4 is 9.46 Å². The molecule has 0 aliphatic heterocycles. The molecule has 94 valence electrons. The maximum atomic E-state index is 11.2. The third kappa shape index (κ3) is 2.96. The fourth-order valence-corrected chi connectivity index (χ4v) is 1.76. The molecular formula is C11H9NO5S. The number of fused-ring (bicyclic) bond motifs is 1. The van der Waals surface area contributed by atoms with E-state index in [-0.39, 0.29) is 5.75 Å². The molecule has 2 N–H and O–H groups in total. The molecule has 0 bridgehead atoms. The minimum absolute atomic E-state index is 0.203. The van der Waals surface area contributed by atoms with E-state index < -0.39 is 16.4 Å². The molecule has 0 unspecified atom stereocenters. The average Bonchev–Trinajstić information content (AvgIpc) is 2.27. The largest absolute Gasteiger partial charge is 0.428 e. The van der Waals surface area contributed by atoms with Crippen molar-refractivity contribution in [1.82, 2.24) is 4.72 Å². The monoisotopic (exact) mass is 267 g/mol. The van der Waals surface area contributed by atoms with E-state index in [0.29, 0.717) is 5.39 Å². The fourth-order valence-electron chi connectivity index (χ4n) is 1.51. The van der Waals surface area contributed by atoms with Gasteiger partial charge in [0.15, 0.2) is 0 Å². The molecule has 2 aromatic carbocycles. The normalized spacial score (nSPS) is 11.2. The first kappa shape index (κ1) is 12.3. The van der Waals surface area contributed by atoms with Gasteiger partial charge in [-0.25, -0.2) is 4.79 Å². The Labute approximate surface area is 103 Å². The average molecular weight is 267 g/mol. The van der Waals surface area contributed by atoms with Crippen LogP contribution in [0.5, 0.6) is 5.75 Å². The van der Waals surface area contributed by atoms with Gasteiger partial charge in [-0.05, 0) is 11.5 Å². The van der Waals surface area contributed by atoms with E-state index >= 15 is 0 Å². The Bertz CT molecular complexity index is 690. The van der Waals surface area contributed by atoms with E-state index in [1.807, 2.05) is 18.2 Å². The Kier molecular flexibility index (Phi) is 3.17. The Hall–Kier alpha value is -2.12. The van der Waals surface area contributed by atoms with Gasteiger partial charge in [-0.15, -0.1) is 0 Å². The van der Waals surface area contributed by atoms with Crippen LogP contribution in [0.25, 0.3) is 10.8 Å². The van der Waals surface area contributed by atoms with Crippen molar-refractivity contribution in [2.24, 2.45) is 0 Å². The lowest BCUT2D eigenvalue weighted by Gasteiger charge is -2.07. The van der Waals surface area contributed by atoms with E-state index in [2.05, 4.69) is 0 Å². The van der Waals surface area contributed by atoms with Gasteiger partial charge in [0, 0.05) is 5.39 Å². The van der Waals surface area contributed by atoms with E-state index in [9.17, 15) is 13.2 Å². The van der Waals surface area contributed by atoms with Gasteiger partial charge in [-0.1, -0.05) is 36.4 Å². The van der Waals surface area contributed by atoms with E-state index in [4.69, 9.17) is 9.29 Å². The summed E-state index contributed by atoms with van der Waals surface area (Å²) < 4.78 is 35.4. The smallest absolute Gasteiger partial charge is 0.409 e. The van der Waals surface area contributed by atoms with Gasteiger partial charge >= 0.3 is 16.4 Å². The standard InChI is InChI=1S/C11H9NO5S/c13-11(12-18(14,15)16)17-10-7-3-5-8-4-1-2-6-9(8)10/h1-7H,(H,12,13)(H,14,15,16). The maximum absolute atomic E-state index is 11.2. The second-order valence-corrected chi connectivity index (χ2v) is 4.60. The number of nitrogens with one attached hydrogen (secondary N) is 1. The number of carbonyl (C=O) groups is 1. The minimum Gasteiger partial charge on any atom is -0.409 e. The highest BCUT2D eigenvalue weighted by Crippen LogP contribution is 2.25. The van der Waals surface area contributed by atoms with Gasteiger partial charge in [-0.2, -0.15) is 13.1 Å². The molecule has 0 aliphatic carbocycles. The zero-order valence-corrected chi connectivity index (χ0v) is 9.85. The van der Waals surface area contributed by atoms with Gasteiger partial charge in [0.25, 0.3) is 0 Å². The summed E-state index contributed by atoms with van der Waals surface area (Å²) in [6.45, 7) is 0. The predicted molar refractivity (Wildman–Crippen MR) is 64.7 cm³/mol. The van der Waals surface area contributed by atoms with Crippen LogP contribution in [0.1, 0.15) is 0 Å². The van der Waals surface area contributed by atoms with Crippen LogP contribution in [0, 0.1) is 0 Å². The minimum atomic E-state index is -4.62. The molecule has 0 aliphatic rings. The van der Waals surface area contributed by atoms with E-state index in [1.165, 1.54) is 10.8 Å². The van der Waals surface area contributed by atoms with Crippen LogP contribution in [0.4, 0.5) is 4.79 Å². The van der Waals surface area contributed by atoms with Gasteiger partial charge in [0.1, 0.15) is 5.75 Å². The Balaban J connectivity index is 2.30. The number of hydrogen-bond acceptors (Lipinski definition) is 4. The van der Waals surface area contributed by atoms with Crippen molar-refractivity contribution in [3.8, 4) is 5.75 Å². The molecule has 0 aromatic heterocycles. The number of benzene rings is 2. The molecule has 7 heteroatoms. The van der Waals surface area contributed by atoms with Gasteiger partial charge in [0.05, 0.1) is 0 Å². The summed E-state index contributed by atoms with van der Waals surface area (Å²) in [4.78, 5) is 11.2. The van der Waals surface area contributed by atoms with Gasteiger partial charge in [0.2, 0.25) is 0 Å². The number of hydrogen-bond donors (Lipinski definition) is 2. The second kappa shape index (κ2) is 4.63. The van der Waals surface area contributed by atoms with Crippen molar-refractivity contribution < 1.29 is 22.5 Å². The number of rotatable bonds is 2. The third-order valence-corrected chi connectivity index (χ3v) is 2.59. The molecule has 0 saturated carbocycles. The summed E-state index contributed by atoms with van der Waals surface area (Å²) in [5, 5.41) is 1.50. The lowest BCUT2D eigenvalue weighted by atomic mass is 10.1. The first-order valence-corrected chi connectivity index (χ1v) is 6.34. The van der Waals surface area contributed by atoms with Crippen molar-refractivity contribution in [2.45, 2.75) is 0 Å². The lowest BCUT2D eigenvalue weighted by Crippen LogP contribution is -2.32. The van der Waals surface area contributed by atoms with Crippen molar-refractivity contribution in [3.05, 3.63) is 42.5 Å². The zero-order valence-electron chi connectivity index (χ0n) is 9.03. The molecule has 0 radical (unpaired) electrons. The molecule has 0 spiro atoms.